The Balaban J connectivity index is 1.60. The predicted octanol–water partition coefficient (Wildman–Crippen LogP) is 1.96. The molecule has 1 fully saturated rings. The van der Waals surface area contributed by atoms with Gasteiger partial charge in [0.1, 0.15) is 30.2 Å². The number of nitrogens with zero attached hydrogens (tertiary/aromatic N) is 1. The molecule has 1 aliphatic carbocycles. The summed E-state index contributed by atoms with van der Waals surface area (Å²) in [5.41, 5.74) is 7.92. The lowest BCUT2D eigenvalue weighted by Crippen LogP contribution is -2.57. The van der Waals surface area contributed by atoms with Crippen LogP contribution in [0.15, 0.2) is 48.5 Å². The van der Waals surface area contributed by atoms with Crippen LogP contribution < -0.4 is 31.2 Å². The molecule has 5 rings (SSSR count). The SMILES string of the molecule is COc1ccc(C[C@@H]2NC(=O)[C@@H](N)Cc3ccc(cc3)OC[C@H](CC(C)C)NC(=O)CN(CC3CC3)C(=O)[C@@H](C)NC2=O)cc1. The molecule has 1 saturated carbocycles. The minimum Gasteiger partial charge on any atom is -0.497 e. The summed E-state index contributed by atoms with van der Waals surface area (Å²) in [6.45, 7) is 6.33. The maximum Gasteiger partial charge on any atom is 0.245 e. The van der Waals surface area contributed by atoms with Gasteiger partial charge < -0.3 is 36.1 Å². The standard InChI is InChI=1S/C34H47N5O6/c1-21(2)15-26-20-45-28-13-9-23(10-14-28)16-29(35)32(41)38-30(17-24-7-11-27(44-4)12-8-24)33(42)36-22(3)34(43)39(18-25-5-6-25)19-31(40)37-26/h7-14,21-22,25-26,29-30H,5-6,15-20,35H2,1-4H3,(H,36,42)(H,37,40)(H,38,41)/t22-,26+,29+,30+/m1/s1. The van der Waals surface area contributed by atoms with E-state index < -0.39 is 29.9 Å². The van der Waals surface area contributed by atoms with Crippen molar-refractivity contribution in [2.45, 2.75) is 77.0 Å². The van der Waals surface area contributed by atoms with E-state index in [1.54, 1.807) is 26.2 Å². The molecule has 244 valence electrons. The number of carbonyl (C=O) groups excluding carboxylic acids is 4. The molecule has 0 unspecified atom stereocenters. The van der Waals surface area contributed by atoms with Crippen molar-refractivity contribution in [1.29, 1.82) is 0 Å². The Morgan fingerprint density at radius 2 is 1.64 bits per heavy atom. The largest absolute Gasteiger partial charge is 0.497 e. The van der Waals surface area contributed by atoms with Crippen molar-refractivity contribution in [3.8, 4) is 11.5 Å². The Kier molecular flexibility index (Phi) is 11.8. The number of hydrogen-bond donors (Lipinski definition) is 4. The van der Waals surface area contributed by atoms with Crippen molar-refractivity contribution in [2.75, 3.05) is 26.8 Å². The van der Waals surface area contributed by atoms with Gasteiger partial charge in [-0.25, -0.2) is 0 Å². The molecule has 2 aromatic carbocycles. The van der Waals surface area contributed by atoms with Gasteiger partial charge in [-0.2, -0.15) is 0 Å². The van der Waals surface area contributed by atoms with Gasteiger partial charge in [-0.05, 0) is 79.8 Å². The van der Waals surface area contributed by atoms with Crippen LogP contribution in [0, 0.1) is 11.8 Å². The average molecular weight is 622 g/mol. The van der Waals surface area contributed by atoms with Crippen LogP contribution in [0.5, 0.6) is 11.5 Å². The molecule has 5 N–H and O–H groups in total. The zero-order valence-electron chi connectivity index (χ0n) is 26.7. The minimum absolute atomic E-state index is 0.125. The zero-order valence-corrected chi connectivity index (χ0v) is 26.7. The quantitative estimate of drug-likeness (QED) is 0.345. The van der Waals surface area contributed by atoms with Crippen LogP contribution in [0.3, 0.4) is 0 Å². The lowest BCUT2D eigenvalue weighted by molar-refractivity contribution is -0.140. The fourth-order valence-electron chi connectivity index (χ4n) is 5.43. The van der Waals surface area contributed by atoms with E-state index in [9.17, 15) is 19.2 Å². The van der Waals surface area contributed by atoms with E-state index in [0.717, 1.165) is 24.0 Å². The highest BCUT2D eigenvalue weighted by Crippen LogP contribution is 2.30. The number of methoxy groups -OCH3 is 1. The Hall–Kier alpha value is -4.12. The van der Waals surface area contributed by atoms with Crippen LogP contribution in [0.1, 0.15) is 51.2 Å². The molecule has 0 aromatic heterocycles. The second-order valence-corrected chi connectivity index (χ2v) is 12.7. The number of ether oxygens (including phenoxy) is 2. The van der Waals surface area contributed by atoms with Crippen molar-refractivity contribution >= 4 is 23.6 Å². The molecule has 4 atom stereocenters. The van der Waals surface area contributed by atoms with Crippen molar-refractivity contribution in [1.82, 2.24) is 20.9 Å². The first kappa shape index (κ1) is 33.8. The van der Waals surface area contributed by atoms with E-state index in [4.69, 9.17) is 15.2 Å². The zero-order chi connectivity index (χ0) is 32.5. The highest BCUT2D eigenvalue weighted by Gasteiger charge is 2.33. The second-order valence-electron chi connectivity index (χ2n) is 12.7. The van der Waals surface area contributed by atoms with Gasteiger partial charge in [-0.1, -0.05) is 38.1 Å². The molecular weight excluding hydrogens is 574 g/mol. The predicted molar refractivity (Wildman–Crippen MR) is 171 cm³/mol. The number of nitrogens with two attached hydrogens (primary N) is 1. The Morgan fingerprint density at radius 1 is 0.956 bits per heavy atom. The molecule has 45 heavy (non-hydrogen) atoms. The first-order valence-electron chi connectivity index (χ1n) is 15.8. The van der Waals surface area contributed by atoms with Crippen molar-refractivity contribution in [3.05, 3.63) is 59.7 Å². The van der Waals surface area contributed by atoms with Gasteiger partial charge in [0.05, 0.1) is 25.7 Å². The third-order valence-electron chi connectivity index (χ3n) is 8.07. The summed E-state index contributed by atoms with van der Waals surface area (Å²) in [7, 11) is 1.57. The topological polar surface area (TPSA) is 152 Å². The van der Waals surface area contributed by atoms with Gasteiger partial charge in [0, 0.05) is 13.0 Å². The summed E-state index contributed by atoms with van der Waals surface area (Å²) in [6, 6.07) is 11.4. The maximum absolute atomic E-state index is 13.6. The van der Waals surface area contributed by atoms with Crippen LogP contribution >= 0.6 is 0 Å². The van der Waals surface area contributed by atoms with Crippen molar-refractivity contribution in [2.24, 2.45) is 17.6 Å². The first-order valence-corrected chi connectivity index (χ1v) is 15.8. The van der Waals surface area contributed by atoms with Crippen LogP contribution in [-0.2, 0) is 32.0 Å². The monoisotopic (exact) mass is 621 g/mol. The average Bonchev–Trinajstić information content (AvgIpc) is 3.83. The summed E-state index contributed by atoms with van der Waals surface area (Å²) >= 11 is 0. The fraction of sp³-hybridized carbons (Fsp3) is 0.529. The molecule has 2 heterocycles. The number of benzene rings is 2. The summed E-state index contributed by atoms with van der Waals surface area (Å²) < 4.78 is 11.3. The molecule has 0 spiro atoms. The summed E-state index contributed by atoms with van der Waals surface area (Å²) in [5.74, 6) is 0.293. The van der Waals surface area contributed by atoms with Crippen LogP contribution in [-0.4, -0.2) is 79.5 Å². The van der Waals surface area contributed by atoms with E-state index in [1.165, 1.54) is 4.90 Å². The molecule has 2 aromatic rings. The second kappa shape index (κ2) is 15.7. The Morgan fingerprint density at radius 3 is 2.27 bits per heavy atom. The Labute approximate surface area is 265 Å². The number of fused-ring (bicyclic) bond motifs is 17. The third kappa shape index (κ3) is 10.5. The van der Waals surface area contributed by atoms with Crippen LogP contribution in [0.25, 0.3) is 0 Å². The first-order chi connectivity index (χ1) is 21.5. The van der Waals surface area contributed by atoms with Gasteiger partial charge in [-0.3, -0.25) is 19.2 Å². The smallest absolute Gasteiger partial charge is 0.245 e. The van der Waals surface area contributed by atoms with Gasteiger partial charge in [0.15, 0.2) is 0 Å². The number of carbonyl (C=O) groups is 4. The summed E-state index contributed by atoms with van der Waals surface area (Å²) in [6.07, 6.45) is 3.11. The van der Waals surface area contributed by atoms with Gasteiger partial charge in [0.2, 0.25) is 23.6 Å². The van der Waals surface area contributed by atoms with E-state index in [2.05, 4.69) is 29.8 Å². The molecule has 3 aliphatic rings. The molecule has 11 heteroatoms. The normalized spacial score (nSPS) is 24.0. The van der Waals surface area contributed by atoms with E-state index in [1.807, 2.05) is 36.4 Å². The molecule has 2 bridgehead atoms. The highest BCUT2D eigenvalue weighted by atomic mass is 16.5. The van der Waals surface area contributed by atoms with E-state index >= 15 is 0 Å². The van der Waals surface area contributed by atoms with Gasteiger partial charge in [-0.15, -0.1) is 0 Å². The number of amides is 4. The number of rotatable bonds is 7. The number of hydrogen-bond acceptors (Lipinski definition) is 7. The summed E-state index contributed by atoms with van der Waals surface area (Å²) in [4.78, 5) is 55.3. The Bertz CT molecular complexity index is 1310. The minimum atomic E-state index is -0.995. The van der Waals surface area contributed by atoms with Crippen LogP contribution in [0.4, 0.5) is 0 Å². The molecule has 2 aliphatic heterocycles. The summed E-state index contributed by atoms with van der Waals surface area (Å²) in [5, 5.41) is 8.65. The third-order valence-corrected chi connectivity index (χ3v) is 8.07. The fourth-order valence-corrected chi connectivity index (χ4v) is 5.43. The lowest BCUT2D eigenvalue weighted by atomic mass is 10.0. The van der Waals surface area contributed by atoms with E-state index in [-0.39, 0.29) is 43.8 Å². The van der Waals surface area contributed by atoms with Crippen molar-refractivity contribution < 1.29 is 28.7 Å². The van der Waals surface area contributed by atoms with Crippen molar-refractivity contribution in [3.63, 3.8) is 0 Å². The molecular formula is C34H47N5O6. The van der Waals surface area contributed by atoms with Gasteiger partial charge >= 0.3 is 0 Å². The molecule has 11 nitrogen and oxygen atoms in total. The molecule has 0 radical (unpaired) electrons. The molecule has 4 amide bonds. The molecule has 0 saturated heterocycles. The number of nitrogens with one attached hydrogen (secondary N) is 3. The lowest BCUT2D eigenvalue weighted by Gasteiger charge is -2.29. The maximum atomic E-state index is 13.6. The highest BCUT2D eigenvalue weighted by molar-refractivity contribution is 5.94. The van der Waals surface area contributed by atoms with E-state index in [0.29, 0.717) is 36.3 Å². The van der Waals surface area contributed by atoms with Crippen LogP contribution in [0.2, 0.25) is 0 Å². The van der Waals surface area contributed by atoms with Gasteiger partial charge in [0.25, 0.3) is 0 Å².